The van der Waals surface area contributed by atoms with E-state index in [4.69, 9.17) is 0 Å². The molecule has 2 aromatic heterocycles. The van der Waals surface area contributed by atoms with E-state index in [-0.39, 0.29) is 12.5 Å². The number of aliphatic hydroxyl groups is 1. The van der Waals surface area contributed by atoms with E-state index < -0.39 is 5.60 Å². The zero-order valence-corrected chi connectivity index (χ0v) is 13.7. The summed E-state index contributed by atoms with van der Waals surface area (Å²) >= 11 is 4.59. The molecule has 4 nitrogen and oxygen atoms in total. The van der Waals surface area contributed by atoms with Crippen LogP contribution in [0.3, 0.4) is 0 Å². The van der Waals surface area contributed by atoms with Gasteiger partial charge in [-0.2, -0.15) is 23.1 Å². The van der Waals surface area contributed by atoms with Gasteiger partial charge in [0.1, 0.15) is 10.7 Å². The Morgan fingerprint density at radius 3 is 3.00 bits per heavy atom. The molecule has 1 atom stereocenters. The van der Waals surface area contributed by atoms with Gasteiger partial charge >= 0.3 is 0 Å². The summed E-state index contributed by atoms with van der Waals surface area (Å²) in [5.41, 5.74) is 0.533. The van der Waals surface area contributed by atoms with E-state index in [1.165, 1.54) is 11.3 Å². The summed E-state index contributed by atoms with van der Waals surface area (Å²) in [6, 6.07) is 1.98. The van der Waals surface area contributed by atoms with E-state index in [1.807, 2.05) is 23.1 Å². The van der Waals surface area contributed by atoms with Gasteiger partial charge in [0, 0.05) is 28.6 Å². The maximum absolute atomic E-state index is 12.0. The van der Waals surface area contributed by atoms with Gasteiger partial charge in [-0.1, -0.05) is 0 Å². The fourth-order valence-electron chi connectivity index (χ4n) is 1.62. The van der Waals surface area contributed by atoms with Crippen molar-refractivity contribution >= 4 is 40.3 Å². The third kappa shape index (κ3) is 4.05. The van der Waals surface area contributed by atoms with Crippen molar-refractivity contribution < 1.29 is 9.90 Å². The average Bonchev–Trinajstić information content (AvgIpc) is 3.06. The molecule has 0 bridgehead atoms. The van der Waals surface area contributed by atoms with Gasteiger partial charge in [-0.15, -0.1) is 11.3 Å². The largest absolute Gasteiger partial charge is 0.387 e. The van der Waals surface area contributed by atoms with Crippen LogP contribution in [0.5, 0.6) is 0 Å². The average molecular weight is 328 g/mol. The fraction of sp³-hybridized carbons (Fsp3) is 0.385. The number of rotatable bonds is 6. The molecule has 0 aliphatic carbocycles. The number of aromatic nitrogens is 1. The SMILES string of the molecule is CSCC(C)(O)CNC(=O)c1csc(-c2ccsc2)n1. The molecule has 2 N–H and O–H groups in total. The molecule has 0 saturated carbocycles. The van der Waals surface area contributed by atoms with Crippen molar-refractivity contribution in [2.24, 2.45) is 0 Å². The smallest absolute Gasteiger partial charge is 0.270 e. The van der Waals surface area contributed by atoms with Crippen molar-refractivity contribution in [1.29, 1.82) is 0 Å². The molecular weight excluding hydrogens is 312 g/mol. The molecule has 0 spiro atoms. The van der Waals surface area contributed by atoms with E-state index in [1.54, 1.807) is 35.4 Å². The maximum atomic E-state index is 12.0. The number of thioether (sulfide) groups is 1. The summed E-state index contributed by atoms with van der Waals surface area (Å²) in [5, 5.41) is 19.3. The van der Waals surface area contributed by atoms with Crippen LogP contribution in [0, 0.1) is 0 Å². The third-order valence-corrected chi connectivity index (χ3v) is 5.08. The van der Waals surface area contributed by atoms with Gasteiger partial charge < -0.3 is 10.4 Å². The van der Waals surface area contributed by atoms with Crippen LogP contribution in [-0.2, 0) is 0 Å². The molecule has 2 heterocycles. The molecular formula is C13H16N2O2S3. The predicted octanol–water partition coefficient (Wildman–Crippen LogP) is 2.72. The van der Waals surface area contributed by atoms with E-state index in [0.717, 1.165) is 10.6 Å². The van der Waals surface area contributed by atoms with Crippen LogP contribution in [0.25, 0.3) is 10.6 Å². The lowest BCUT2D eigenvalue weighted by molar-refractivity contribution is 0.0723. The zero-order chi connectivity index (χ0) is 14.6. The highest BCUT2D eigenvalue weighted by molar-refractivity contribution is 7.98. The van der Waals surface area contributed by atoms with Gasteiger partial charge in [-0.05, 0) is 24.6 Å². The van der Waals surface area contributed by atoms with Gasteiger partial charge in [0.15, 0.2) is 0 Å². The van der Waals surface area contributed by atoms with Crippen molar-refractivity contribution in [2.45, 2.75) is 12.5 Å². The minimum atomic E-state index is -0.902. The van der Waals surface area contributed by atoms with Crippen LogP contribution in [0.2, 0.25) is 0 Å². The summed E-state index contributed by atoms with van der Waals surface area (Å²) in [5.74, 6) is 0.328. The summed E-state index contributed by atoms with van der Waals surface area (Å²) in [7, 11) is 0. The first kappa shape index (κ1) is 15.5. The summed E-state index contributed by atoms with van der Waals surface area (Å²) in [6.07, 6.45) is 1.92. The molecule has 0 aromatic carbocycles. The van der Waals surface area contributed by atoms with Gasteiger partial charge in [-0.25, -0.2) is 4.98 Å². The number of hydrogen-bond donors (Lipinski definition) is 2. The number of thiazole rings is 1. The lowest BCUT2D eigenvalue weighted by atomic mass is 10.1. The number of amides is 1. The van der Waals surface area contributed by atoms with Crippen LogP contribution >= 0.6 is 34.4 Å². The molecule has 0 radical (unpaired) electrons. The van der Waals surface area contributed by atoms with Crippen LogP contribution in [0.1, 0.15) is 17.4 Å². The Morgan fingerprint density at radius 2 is 2.35 bits per heavy atom. The molecule has 1 unspecified atom stereocenters. The highest BCUT2D eigenvalue weighted by atomic mass is 32.2. The molecule has 0 aliphatic heterocycles. The van der Waals surface area contributed by atoms with E-state index in [2.05, 4.69) is 10.3 Å². The molecule has 0 saturated heterocycles. The minimum Gasteiger partial charge on any atom is -0.387 e. The minimum absolute atomic E-state index is 0.220. The Balaban J connectivity index is 1.97. The fourth-order valence-corrected chi connectivity index (χ4v) is 3.86. The number of thiophene rings is 1. The van der Waals surface area contributed by atoms with Gasteiger partial charge in [0.2, 0.25) is 0 Å². The monoisotopic (exact) mass is 328 g/mol. The first-order chi connectivity index (χ1) is 9.52. The molecule has 0 aliphatic rings. The molecule has 1 amide bonds. The number of carbonyl (C=O) groups is 1. The Kier molecular flexibility index (Phi) is 5.20. The quantitative estimate of drug-likeness (QED) is 0.856. The third-order valence-electron chi connectivity index (χ3n) is 2.59. The maximum Gasteiger partial charge on any atom is 0.270 e. The van der Waals surface area contributed by atoms with Crippen molar-refractivity contribution in [3.8, 4) is 10.6 Å². The molecule has 20 heavy (non-hydrogen) atoms. The second-order valence-corrected chi connectivity index (χ2v) is 7.17. The Labute approximate surface area is 130 Å². The normalized spacial score (nSPS) is 13.9. The molecule has 0 fully saturated rings. The molecule has 2 aromatic rings. The molecule has 7 heteroatoms. The Hall–Kier alpha value is -0.890. The van der Waals surface area contributed by atoms with Crippen molar-refractivity contribution in [2.75, 3.05) is 18.6 Å². The van der Waals surface area contributed by atoms with E-state index in [0.29, 0.717) is 11.4 Å². The van der Waals surface area contributed by atoms with Crippen LogP contribution < -0.4 is 5.32 Å². The summed E-state index contributed by atoms with van der Waals surface area (Å²) in [6.45, 7) is 1.93. The highest BCUT2D eigenvalue weighted by Gasteiger charge is 2.21. The summed E-state index contributed by atoms with van der Waals surface area (Å²) in [4.78, 5) is 16.3. The Bertz CT molecular complexity index is 564. The van der Waals surface area contributed by atoms with Gasteiger partial charge in [0.25, 0.3) is 5.91 Å². The first-order valence-corrected chi connectivity index (χ1v) is 9.21. The lowest BCUT2D eigenvalue weighted by Gasteiger charge is -2.22. The van der Waals surface area contributed by atoms with Crippen LogP contribution in [0.4, 0.5) is 0 Å². The zero-order valence-electron chi connectivity index (χ0n) is 11.3. The molecule has 2 rings (SSSR count). The van der Waals surface area contributed by atoms with Crippen molar-refractivity contribution in [1.82, 2.24) is 10.3 Å². The van der Waals surface area contributed by atoms with Crippen molar-refractivity contribution in [3.05, 3.63) is 27.9 Å². The van der Waals surface area contributed by atoms with E-state index in [9.17, 15) is 9.90 Å². The van der Waals surface area contributed by atoms with Gasteiger partial charge in [0.05, 0.1) is 5.60 Å². The second kappa shape index (κ2) is 6.71. The topological polar surface area (TPSA) is 62.2 Å². The lowest BCUT2D eigenvalue weighted by Crippen LogP contribution is -2.42. The number of nitrogens with one attached hydrogen (secondary N) is 1. The number of hydrogen-bond acceptors (Lipinski definition) is 6. The Morgan fingerprint density at radius 1 is 1.55 bits per heavy atom. The first-order valence-electron chi connectivity index (χ1n) is 5.99. The number of carbonyl (C=O) groups excluding carboxylic acids is 1. The van der Waals surface area contributed by atoms with E-state index >= 15 is 0 Å². The van der Waals surface area contributed by atoms with Gasteiger partial charge in [-0.3, -0.25) is 4.79 Å². The highest BCUT2D eigenvalue weighted by Crippen LogP contribution is 2.25. The van der Waals surface area contributed by atoms with Crippen LogP contribution in [0.15, 0.2) is 22.2 Å². The second-order valence-electron chi connectivity index (χ2n) is 4.66. The molecule has 108 valence electrons. The predicted molar refractivity (Wildman–Crippen MR) is 86.8 cm³/mol. The van der Waals surface area contributed by atoms with Crippen LogP contribution in [-0.4, -0.2) is 40.2 Å². The summed E-state index contributed by atoms with van der Waals surface area (Å²) < 4.78 is 0. The number of nitrogens with zero attached hydrogens (tertiary/aromatic N) is 1. The van der Waals surface area contributed by atoms with Crippen molar-refractivity contribution in [3.63, 3.8) is 0 Å². The standard InChI is InChI=1S/C13H16N2O2S3/c1-13(17,8-18-2)7-14-11(16)10-6-20-12(15-10)9-3-4-19-5-9/h3-6,17H,7-8H2,1-2H3,(H,14,16).